The first-order chi connectivity index (χ1) is 11.3. The van der Waals surface area contributed by atoms with Gasteiger partial charge < -0.3 is 5.11 Å². The molecule has 1 atom stereocenters. The van der Waals surface area contributed by atoms with E-state index in [1.165, 1.54) is 12.4 Å². The molecule has 1 aliphatic heterocycles. The zero-order chi connectivity index (χ0) is 17.3. The summed E-state index contributed by atoms with van der Waals surface area (Å²) in [5.41, 5.74) is 1.31. The Morgan fingerprint density at radius 2 is 2.08 bits per heavy atom. The molecule has 0 spiro atoms. The average Bonchev–Trinajstić information content (AvgIpc) is 3.17. The molecule has 1 N–H and O–H groups in total. The third kappa shape index (κ3) is 3.62. The molecule has 1 saturated heterocycles. The van der Waals surface area contributed by atoms with Gasteiger partial charge in [0.05, 0.1) is 23.8 Å². The minimum atomic E-state index is -0.998. The predicted octanol–water partition coefficient (Wildman–Crippen LogP) is 3.27. The molecule has 24 heavy (non-hydrogen) atoms. The number of likely N-dealkylation sites (tertiary alicyclic amines) is 1. The molecular formula is C17H22N4O2S. The molecule has 1 aliphatic rings. The van der Waals surface area contributed by atoms with Gasteiger partial charge in [-0.15, -0.1) is 11.3 Å². The van der Waals surface area contributed by atoms with Crippen LogP contribution in [0.5, 0.6) is 0 Å². The van der Waals surface area contributed by atoms with Crippen molar-refractivity contribution in [1.82, 2.24) is 19.9 Å². The highest BCUT2D eigenvalue weighted by atomic mass is 32.1. The van der Waals surface area contributed by atoms with Gasteiger partial charge in [-0.1, -0.05) is 20.8 Å². The first-order valence-corrected chi connectivity index (χ1v) is 8.97. The van der Waals surface area contributed by atoms with E-state index in [4.69, 9.17) is 10.1 Å². The molecule has 7 heteroatoms. The van der Waals surface area contributed by atoms with Gasteiger partial charge in [-0.25, -0.2) is 19.7 Å². The molecule has 1 unspecified atom stereocenters. The number of nitrogens with zero attached hydrogens (tertiary/aromatic N) is 4. The minimum absolute atomic E-state index is 0.0644. The number of carboxylic acid groups (broad SMARTS) is 1. The fraction of sp³-hybridized carbons (Fsp3) is 0.529. The van der Waals surface area contributed by atoms with Gasteiger partial charge in [-0.2, -0.15) is 0 Å². The lowest BCUT2D eigenvalue weighted by atomic mass is 9.93. The summed E-state index contributed by atoms with van der Waals surface area (Å²) < 4.78 is 0. The first kappa shape index (κ1) is 17.0. The number of rotatable bonds is 4. The summed E-state index contributed by atoms with van der Waals surface area (Å²) in [6.45, 7) is 8.28. The van der Waals surface area contributed by atoms with Crippen LogP contribution in [0.4, 0.5) is 0 Å². The van der Waals surface area contributed by atoms with Crippen LogP contribution in [0.2, 0.25) is 0 Å². The van der Waals surface area contributed by atoms with Gasteiger partial charge in [-0.3, -0.25) is 4.90 Å². The summed E-state index contributed by atoms with van der Waals surface area (Å²) in [4.78, 5) is 26.6. The molecule has 6 nitrogen and oxygen atoms in total. The highest BCUT2D eigenvalue weighted by Crippen LogP contribution is 2.32. The summed E-state index contributed by atoms with van der Waals surface area (Å²) in [5.74, 6) is -0.299. The van der Waals surface area contributed by atoms with Crippen molar-refractivity contribution in [3.05, 3.63) is 39.9 Å². The topological polar surface area (TPSA) is 79.2 Å². The predicted molar refractivity (Wildman–Crippen MR) is 92.2 cm³/mol. The van der Waals surface area contributed by atoms with Gasteiger partial charge in [0, 0.05) is 23.2 Å². The number of aromatic carboxylic acids is 1. The zero-order valence-corrected chi connectivity index (χ0v) is 15.0. The summed E-state index contributed by atoms with van der Waals surface area (Å²) in [5, 5.41) is 12.2. The molecule has 0 aromatic carbocycles. The zero-order valence-electron chi connectivity index (χ0n) is 14.2. The Morgan fingerprint density at radius 1 is 1.38 bits per heavy atom. The summed E-state index contributed by atoms with van der Waals surface area (Å²) in [6.07, 6.45) is 4.86. The highest BCUT2D eigenvalue weighted by Gasteiger charge is 2.29. The van der Waals surface area contributed by atoms with E-state index in [9.17, 15) is 4.79 Å². The number of thiazole rings is 1. The van der Waals surface area contributed by atoms with E-state index in [2.05, 4.69) is 41.0 Å². The Hall–Kier alpha value is -1.86. The molecule has 0 amide bonds. The van der Waals surface area contributed by atoms with Gasteiger partial charge in [0.1, 0.15) is 10.8 Å². The second-order valence-corrected chi connectivity index (χ2v) is 8.08. The van der Waals surface area contributed by atoms with Crippen molar-refractivity contribution in [1.29, 1.82) is 0 Å². The Balaban J connectivity index is 1.73. The maximum atomic E-state index is 10.9. The van der Waals surface area contributed by atoms with Crippen LogP contribution in [-0.2, 0) is 12.0 Å². The smallest absolute Gasteiger partial charge is 0.338 e. The van der Waals surface area contributed by atoms with E-state index >= 15 is 0 Å². The standard InChI is InChI=1S/C17H22N4O2S/c1-17(2,3)13-10-24-14(20-13)9-21-6-4-5-12(21)15-18-7-11(8-19-15)16(22)23/h7-8,10,12H,4-6,9H2,1-3H3,(H,22,23). The van der Waals surface area contributed by atoms with Gasteiger partial charge >= 0.3 is 5.97 Å². The first-order valence-electron chi connectivity index (χ1n) is 8.09. The molecule has 2 aromatic rings. The Kier molecular flexibility index (Phi) is 4.64. The quantitative estimate of drug-likeness (QED) is 0.915. The van der Waals surface area contributed by atoms with Crippen molar-refractivity contribution < 1.29 is 9.90 Å². The maximum Gasteiger partial charge on any atom is 0.338 e. The van der Waals surface area contributed by atoms with Crippen molar-refractivity contribution in [3.8, 4) is 0 Å². The Bertz CT molecular complexity index is 721. The molecule has 3 rings (SSSR count). The molecular weight excluding hydrogens is 324 g/mol. The molecule has 0 bridgehead atoms. The monoisotopic (exact) mass is 346 g/mol. The molecule has 0 aliphatic carbocycles. The van der Waals surface area contributed by atoms with E-state index in [-0.39, 0.29) is 17.0 Å². The van der Waals surface area contributed by atoms with Gasteiger partial charge in [0.2, 0.25) is 0 Å². The van der Waals surface area contributed by atoms with Crippen molar-refractivity contribution in [2.24, 2.45) is 0 Å². The van der Waals surface area contributed by atoms with Crippen LogP contribution >= 0.6 is 11.3 Å². The molecule has 128 valence electrons. The molecule has 0 saturated carbocycles. The maximum absolute atomic E-state index is 10.9. The van der Waals surface area contributed by atoms with Crippen molar-refractivity contribution in [2.45, 2.75) is 51.6 Å². The largest absolute Gasteiger partial charge is 0.478 e. The lowest BCUT2D eigenvalue weighted by Crippen LogP contribution is -2.24. The van der Waals surface area contributed by atoms with Gasteiger partial charge in [0.15, 0.2) is 0 Å². The lowest BCUT2D eigenvalue weighted by molar-refractivity contribution is 0.0695. The SMILES string of the molecule is CC(C)(C)c1csc(CN2CCCC2c2ncc(C(=O)O)cn2)n1. The fourth-order valence-corrected chi connectivity index (χ4v) is 3.88. The molecule has 3 heterocycles. The third-order valence-electron chi connectivity index (χ3n) is 4.24. The summed E-state index contributed by atoms with van der Waals surface area (Å²) in [7, 11) is 0. The molecule has 1 fully saturated rings. The lowest BCUT2D eigenvalue weighted by Gasteiger charge is -2.22. The molecule has 0 radical (unpaired) electrons. The number of carboxylic acids is 1. The van der Waals surface area contributed by atoms with Crippen LogP contribution in [0, 0.1) is 0 Å². The van der Waals surface area contributed by atoms with Crippen molar-refractivity contribution in [2.75, 3.05) is 6.54 Å². The van der Waals surface area contributed by atoms with Crippen molar-refractivity contribution >= 4 is 17.3 Å². The number of carbonyl (C=O) groups is 1. The normalized spacial score (nSPS) is 18.9. The van der Waals surface area contributed by atoms with E-state index in [1.807, 2.05) is 0 Å². The third-order valence-corrected chi connectivity index (χ3v) is 5.07. The van der Waals surface area contributed by atoms with Crippen LogP contribution < -0.4 is 0 Å². The van der Waals surface area contributed by atoms with E-state index in [0.29, 0.717) is 5.82 Å². The fourth-order valence-electron chi connectivity index (χ4n) is 2.83. The van der Waals surface area contributed by atoms with E-state index in [0.717, 1.165) is 36.6 Å². The highest BCUT2D eigenvalue weighted by molar-refractivity contribution is 7.09. The van der Waals surface area contributed by atoms with Gasteiger partial charge in [0.25, 0.3) is 0 Å². The van der Waals surface area contributed by atoms with Crippen LogP contribution in [-0.4, -0.2) is 37.5 Å². The van der Waals surface area contributed by atoms with Crippen LogP contribution in [0.3, 0.4) is 0 Å². The Labute approximate surface area is 145 Å². The second kappa shape index (κ2) is 6.57. The van der Waals surface area contributed by atoms with Crippen LogP contribution in [0.1, 0.15) is 66.5 Å². The van der Waals surface area contributed by atoms with Crippen molar-refractivity contribution in [3.63, 3.8) is 0 Å². The number of aromatic nitrogens is 3. The van der Waals surface area contributed by atoms with E-state index in [1.54, 1.807) is 11.3 Å². The molecule has 2 aromatic heterocycles. The number of hydrogen-bond donors (Lipinski definition) is 1. The average molecular weight is 346 g/mol. The van der Waals surface area contributed by atoms with Crippen LogP contribution in [0.25, 0.3) is 0 Å². The van der Waals surface area contributed by atoms with Gasteiger partial charge in [-0.05, 0) is 19.4 Å². The Morgan fingerprint density at radius 3 is 2.67 bits per heavy atom. The summed E-state index contributed by atoms with van der Waals surface area (Å²) in [6, 6.07) is 0.134. The number of hydrogen-bond acceptors (Lipinski definition) is 6. The summed E-state index contributed by atoms with van der Waals surface area (Å²) >= 11 is 1.70. The van der Waals surface area contributed by atoms with Crippen LogP contribution in [0.15, 0.2) is 17.8 Å². The minimum Gasteiger partial charge on any atom is -0.478 e. The van der Waals surface area contributed by atoms with E-state index < -0.39 is 5.97 Å². The second-order valence-electron chi connectivity index (χ2n) is 7.14.